The van der Waals surface area contributed by atoms with Crippen molar-refractivity contribution >= 4 is 35.3 Å². The minimum absolute atomic E-state index is 0.0915. The van der Waals surface area contributed by atoms with Crippen LogP contribution in [0.15, 0.2) is 29.2 Å². The molecule has 4 bridgehead atoms. The number of carbonyl (C=O) groups is 3. The van der Waals surface area contributed by atoms with Crippen LogP contribution in [0.3, 0.4) is 0 Å². The van der Waals surface area contributed by atoms with Gasteiger partial charge in [0.05, 0.1) is 5.75 Å². The summed E-state index contributed by atoms with van der Waals surface area (Å²) in [6, 6.07) is 6.92. The van der Waals surface area contributed by atoms with Crippen LogP contribution in [0.4, 0.5) is 10.5 Å². The molecule has 7 heteroatoms. The maximum atomic E-state index is 12.4. The smallest absolute Gasteiger partial charge is 0.321 e. The van der Waals surface area contributed by atoms with Gasteiger partial charge in [-0.3, -0.25) is 14.9 Å². The fourth-order valence-electron chi connectivity index (χ4n) is 5.69. The van der Waals surface area contributed by atoms with Gasteiger partial charge in [-0.05, 0) is 80.5 Å². The van der Waals surface area contributed by atoms with Crippen molar-refractivity contribution in [1.82, 2.24) is 10.6 Å². The van der Waals surface area contributed by atoms with Gasteiger partial charge >= 0.3 is 6.03 Å². The quantitative estimate of drug-likeness (QED) is 0.659. The van der Waals surface area contributed by atoms with Crippen molar-refractivity contribution in [3.05, 3.63) is 24.3 Å². The maximum Gasteiger partial charge on any atom is 0.321 e. The third kappa shape index (κ3) is 4.51. The molecule has 0 unspecified atom stereocenters. The topological polar surface area (TPSA) is 87.3 Å². The number of urea groups is 1. The lowest BCUT2D eigenvalue weighted by Gasteiger charge is -2.56. The molecule has 4 amide bonds. The van der Waals surface area contributed by atoms with Crippen molar-refractivity contribution in [3.8, 4) is 0 Å². The van der Waals surface area contributed by atoms with E-state index in [0.717, 1.165) is 47.6 Å². The molecule has 0 heterocycles. The third-order valence-electron chi connectivity index (χ3n) is 6.21. The first-order valence-electron chi connectivity index (χ1n) is 10.0. The average molecular weight is 402 g/mol. The van der Waals surface area contributed by atoms with Crippen molar-refractivity contribution in [1.29, 1.82) is 0 Å². The van der Waals surface area contributed by atoms with Crippen molar-refractivity contribution in [2.75, 3.05) is 11.1 Å². The molecule has 0 atom stereocenters. The molecule has 1 aromatic carbocycles. The lowest BCUT2D eigenvalue weighted by Crippen LogP contribution is -2.61. The Kier molecular flexibility index (Phi) is 5.36. The number of carbonyl (C=O) groups excluding carboxylic acids is 3. The fourth-order valence-corrected chi connectivity index (χ4v) is 6.38. The zero-order valence-electron chi connectivity index (χ0n) is 16.1. The molecular weight excluding hydrogens is 374 g/mol. The number of anilines is 1. The summed E-state index contributed by atoms with van der Waals surface area (Å²) < 4.78 is 0. The Balaban J connectivity index is 1.24. The van der Waals surface area contributed by atoms with E-state index in [9.17, 15) is 14.4 Å². The summed E-state index contributed by atoms with van der Waals surface area (Å²) in [6.45, 7) is 1.46. The number of rotatable bonds is 5. The number of thioether (sulfide) groups is 1. The summed E-state index contributed by atoms with van der Waals surface area (Å²) in [5.41, 5.74) is 0.627. The third-order valence-corrected chi connectivity index (χ3v) is 7.23. The molecule has 1 aromatic rings. The molecule has 4 saturated carbocycles. The second-order valence-corrected chi connectivity index (χ2v) is 9.74. The summed E-state index contributed by atoms with van der Waals surface area (Å²) in [7, 11) is 0. The fraction of sp³-hybridized carbons (Fsp3) is 0.571. The number of amides is 4. The van der Waals surface area contributed by atoms with E-state index in [4.69, 9.17) is 0 Å². The highest BCUT2D eigenvalue weighted by molar-refractivity contribution is 8.00. The Labute approximate surface area is 169 Å². The minimum Gasteiger partial charge on any atom is -0.332 e. The van der Waals surface area contributed by atoms with Crippen molar-refractivity contribution in [2.24, 2.45) is 17.8 Å². The molecule has 28 heavy (non-hydrogen) atoms. The van der Waals surface area contributed by atoms with Crippen LogP contribution < -0.4 is 16.0 Å². The zero-order chi connectivity index (χ0) is 19.7. The molecule has 0 radical (unpaired) electrons. The molecule has 0 spiro atoms. The van der Waals surface area contributed by atoms with Crippen LogP contribution in [-0.2, 0) is 9.59 Å². The van der Waals surface area contributed by atoms with Crippen LogP contribution in [-0.4, -0.2) is 29.1 Å². The van der Waals surface area contributed by atoms with Crippen molar-refractivity contribution in [2.45, 2.75) is 55.9 Å². The number of hydrogen-bond donors (Lipinski definition) is 3. The van der Waals surface area contributed by atoms with E-state index in [2.05, 4.69) is 16.0 Å². The largest absolute Gasteiger partial charge is 0.332 e. The maximum absolute atomic E-state index is 12.4. The SMILES string of the molecule is CC(=O)Nc1ccc(SCC(=O)NC(=O)NC23CC4CC(CC(C4)C2)C3)cc1. The van der Waals surface area contributed by atoms with E-state index in [0.29, 0.717) is 0 Å². The molecule has 150 valence electrons. The summed E-state index contributed by atoms with van der Waals surface area (Å²) in [5, 5.41) is 8.36. The van der Waals surface area contributed by atoms with Crippen LogP contribution >= 0.6 is 11.8 Å². The molecule has 0 aliphatic heterocycles. The van der Waals surface area contributed by atoms with Crippen LogP contribution in [0.25, 0.3) is 0 Å². The number of benzene rings is 1. The molecule has 0 aromatic heterocycles. The molecular formula is C21H27N3O3S. The van der Waals surface area contributed by atoms with E-state index < -0.39 is 0 Å². The Hall–Kier alpha value is -2.02. The highest BCUT2D eigenvalue weighted by Crippen LogP contribution is 2.55. The summed E-state index contributed by atoms with van der Waals surface area (Å²) >= 11 is 1.36. The van der Waals surface area contributed by atoms with Crippen LogP contribution in [0, 0.1) is 17.8 Å². The van der Waals surface area contributed by atoms with Gasteiger partial charge in [-0.1, -0.05) is 0 Å². The van der Waals surface area contributed by atoms with Gasteiger partial charge in [0, 0.05) is 23.0 Å². The average Bonchev–Trinajstić information content (AvgIpc) is 2.58. The van der Waals surface area contributed by atoms with E-state index >= 15 is 0 Å². The predicted molar refractivity (Wildman–Crippen MR) is 109 cm³/mol. The molecule has 5 rings (SSSR count). The highest BCUT2D eigenvalue weighted by atomic mass is 32.2. The second kappa shape index (κ2) is 7.78. The van der Waals surface area contributed by atoms with E-state index in [-0.39, 0.29) is 29.1 Å². The standard InChI is InChI=1S/C21H27N3O3S/c1-13(25)22-17-2-4-18(5-3-17)28-12-19(26)23-20(27)24-21-9-14-6-15(10-21)8-16(7-14)11-21/h2-5,14-16H,6-12H2,1H3,(H,22,25)(H2,23,24,26,27). The number of hydrogen-bond acceptors (Lipinski definition) is 4. The Morgan fingerprint density at radius 3 is 2.11 bits per heavy atom. The Morgan fingerprint density at radius 2 is 1.57 bits per heavy atom. The first-order chi connectivity index (χ1) is 13.4. The Bertz CT molecular complexity index is 742. The lowest BCUT2D eigenvalue weighted by molar-refractivity contribution is -0.117. The summed E-state index contributed by atoms with van der Waals surface area (Å²) in [6.07, 6.45) is 7.15. The van der Waals surface area contributed by atoms with Gasteiger partial charge in [0.2, 0.25) is 11.8 Å². The molecule has 4 fully saturated rings. The van der Waals surface area contributed by atoms with E-state index in [1.54, 1.807) is 12.1 Å². The molecule has 4 aliphatic carbocycles. The van der Waals surface area contributed by atoms with E-state index in [1.165, 1.54) is 37.9 Å². The predicted octanol–water partition coefficient (Wildman–Crippen LogP) is 3.53. The lowest BCUT2D eigenvalue weighted by atomic mass is 9.53. The Morgan fingerprint density at radius 1 is 1.00 bits per heavy atom. The summed E-state index contributed by atoms with van der Waals surface area (Å²) in [5.74, 6) is 2.01. The molecule has 6 nitrogen and oxygen atoms in total. The van der Waals surface area contributed by atoms with Crippen molar-refractivity contribution < 1.29 is 14.4 Å². The summed E-state index contributed by atoms with van der Waals surface area (Å²) in [4.78, 5) is 36.5. The van der Waals surface area contributed by atoms with Gasteiger partial charge in [-0.2, -0.15) is 0 Å². The molecule has 4 aliphatic rings. The van der Waals surface area contributed by atoms with Crippen molar-refractivity contribution in [3.63, 3.8) is 0 Å². The van der Waals surface area contributed by atoms with Gasteiger partial charge in [0.1, 0.15) is 0 Å². The zero-order valence-corrected chi connectivity index (χ0v) is 16.9. The van der Waals surface area contributed by atoms with Crippen LogP contribution in [0.2, 0.25) is 0 Å². The first kappa shape index (κ1) is 19.3. The minimum atomic E-state index is -0.353. The highest BCUT2D eigenvalue weighted by Gasteiger charge is 2.51. The van der Waals surface area contributed by atoms with Gasteiger partial charge in [0.15, 0.2) is 0 Å². The molecule has 0 saturated heterocycles. The normalized spacial score (nSPS) is 30.0. The monoisotopic (exact) mass is 401 g/mol. The molecule has 3 N–H and O–H groups in total. The van der Waals surface area contributed by atoms with Crippen LogP contribution in [0.5, 0.6) is 0 Å². The van der Waals surface area contributed by atoms with E-state index in [1.807, 2.05) is 12.1 Å². The van der Waals surface area contributed by atoms with Gasteiger partial charge in [-0.25, -0.2) is 4.79 Å². The van der Waals surface area contributed by atoms with Gasteiger partial charge in [-0.15, -0.1) is 11.8 Å². The van der Waals surface area contributed by atoms with Gasteiger partial charge < -0.3 is 10.6 Å². The van der Waals surface area contributed by atoms with Gasteiger partial charge in [0.25, 0.3) is 0 Å². The second-order valence-electron chi connectivity index (χ2n) is 8.69. The van der Waals surface area contributed by atoms with Crippen LogP contribution in [0.1, 0.15) is 45.4 Å². The number of nitrogens with one attached hydrogen (secondary N) is 3. The number of imide groups is 1. The first-order valence-corrected chi connectivity index (χ1v) is 11.0.